The first kappa shape index (κ1) is 12.3. The highest BCUT2D eigenvalue weighted by molar-refractivity contribution is 7.99. The monoisotopic (exact) mass is 274 g/mol. The lowest BCUT2D eigenvalue weighted by molar-refractivity contribution is 0.282. The highest BCUT2D eigenvalue weighted by Gasteiger charge is 2.09. The van der Waals surface area contributed by atoms with Gasteiger partial charge in [-0.25, -0.2) is 4.98 Å². The summed E-state index contributed by atoms with van der Waals surface area (Å²) in [5, 5.41) is 17.3. The molecule has 3 aromatic rings. The molecule has 2 heterocycles. The zero-order chi connectivity index (χ0) is 13.2. The third-order valence-corrected chi connectivity index (χ3v) is 3.62. The lowest BCUT2D eigenvalue weighted by atomic mass is 10.2. The Labute approximate surface area is 114 Å². The number of aliphatic hydroxyl groups is 1. The Morgan fingerprint density at radius 2 is 2.21 bits per heavy atom. The molecule has 0 atom stereocenters. The van der Waals surface area contributed by atoms with Crippen LogP contribution in [0.25, 0.3) is 22.6 Å². The van der Waals surface area contributed by atoms with E-state index in [0.717, 1.165) is 38.9 Å². The molecule has 6 heteroatoms. The van der Waals surface area contributed by atoms with Crippen molar-refractivity contribution in [2.45, 2.75) is 18.6 Å². The minimum atomic E-state index is 0.0334. The number of H-pyrrole nitrogens is 2. The van der Waals surface area contributed by atoms with Crippen molar-refractivity contribution >= 4 is 22.8 Å². The van der Waals surface area contributed by atoms with Crippen molar-refractivity contribution in [3.8, 4) is 11.5 Å². The Bertz CT molecular complexity index is 704. The number of hydrogen-bond acceptors (Lipinski definition) is 4. The quantitative estimate of drug-likeness (QED) is 0.639. The molecular weight excluding hydrogens is 260 g/mol. The molecule has 98 valence electrons. The molecule has 0 aliphatic carbocycles. The molecule has 0 unspecified atom stereocenters. The number of aliphatic hydroxyl groups excluding tert-OH is 1. The molecule has 0 bridgehead atoms. The van der Waals surface area contributed by atoms with E-state index in [4.69, 9.17) is 5.11 Å². The van der Waals surface area contributed by atoms with E-state index in [1.54, 1.807) is 11.8 Å². The number of nitrogens with zero attached hydrogens (tertiary/aromatic N) is 2. The molecule has 0 radical (unpaired) electrons. The lowest BCUT2D eigenvalue weighted by Crippen LogP contribution is -1.81. The first-order chi connectivity index (χ1) is 9.30. The second-order valence-electron chi connectivity index (χ2n) is 4.15. The fourth-order valence-electron chi connectivity index (χ4n) is 1.93. The summed E-state index contributed by atoms with van der Waals surface area (Å²) in [6.07, 6.45) is 0. The molecule has 1 aromatic carbocycles. The van der Waals surface area contributed by atoms with Crippen molar-refractivity contribution in [1.29, 1.82) is 0 Å². The molecule has 0 saturated carbocycles. The van der Waals surface area contributed by atoms with E-state index in [1.165, 1.54) is 0 Å². The van der Waals surface area contributed by atoms with Crippen LogP contribution < -0.4 is 0 Å². The maximum atomic E-state index is 9.13. The first-order valence-corrected chi connectivity index (χ1v) is 7.07. The van der Waals surface area contributed by atoms with Crippen molar-refractivity contribution in [3.63, 3.8) is 0 Å². The summed E-state index contributed by atoms with van der Waals surface area (Å²) in [4.78, 5) is 7.75. The second kappa shape index (κ2) is 5.07. The number of fused-ring (bicyclic) bond motifs is 1. The average Bonchev–Trinajstić information content (AvgIpc) is 3.03. The van der Waals surface area contributed by atoms with Gasteiger partial charge in [0, 0.05) is 6.07 Å². The standard InChI is InChI=1S/C13H14N4OS/c1-2-19-12-6-11(16-17-12)13-14-9-4-3-8(7-18)5-10(9)15-13/h3-6,18H,2,7H2,1H3,(H,14,15)(H,16,17). The van der Waals surface area contributed by atoms with Crippen LogP contribution in [0.1, 0.15) is 12.5 Å². The van der Waals surface area contributed by atoms with E-state index in [2.05, 4.69) is 27.1 Å². The highest BCUT2D eigenvalue weighted by Crippen LogP contribution is 2.23. The van der Waals surface area contributed by atoms with Gasteiger partial charge in [-0.1, -0.05) is 13.0 Å². The van der Waals surface area contributed by atoms with E-state index in [-0.39, 0.29) is 6.61 Å². The van der Waals surface area contributed by atoms with Crippen molar-refractivity contribution in [2.24, 2.45) is 0 Å². The fourth-order valence-corrected chi connectivity index (χ4v) is 2.54. The molecule has 0 spiro atoms. The SMILES string of the molecule is CCSc1cc(-c2nc3ccc(CO)cc3[nH]2)[nH]n1. The smallest absolute Gasteiger partial charge is 0.156 e. The number of hydrogen-bond donors (Lipinski definition) is 3. The summed E-state index contributed by atoms with van der Waals surface area (Å²) < 4.78 is 0. The van der Waals surface area contributed by atoms with Crippen molar-refractivity contribution < 1.29 is 5.11 Å². The van der Waals surface area contributed by atoms with Gasteiger partial charge in [0.25, 0.3) is 0 Å². The van der Waals surface area contributed by atoms with Crippen molar-refractivity contribution in [3.05, 3.63) is 29.8 Å². The molecule has 0 saturated heterocycles. The molecule has 3 N–H and O–H groups in total. The van der Waals surface area contributed by atoms with Gasteiger partial charge in [0.1, 0.15) is 10.7 Å². The number of benzene rings is 1. The predicted octanol–water partition coefficient (Wildman–Crippen LogP) is 2.56. The van der Waals surface area contributed by atoms with Gasteiger partial charge in [-0.15, -0.1) is 11.8 Å². The minimum Gasteiger partial charge on any atom is -0.392 e. The number of thioether (sulfide) groups is 1. The van der Waals surface area contributed by atoms with Gasteiger partial charge in [0.05, 0.1) is 17.6 Å². The van der Waals surface area contributed by atoms with Gasteiger partial charge in [-0.2, -0.15) is 5.10 Å². The molecule has 19 heavy (non-hydrogen) atoms. The number of nitrogens with one attached hydrogen (secondary N) is 2. The molecule has 5 nitrogen and oxygen atoms in total. The predicted molar refractivity (Wildman–Crippen MR) is 76.0 cm³/mol. The Morgan fingerprint density at radius 1 is 1.32 bits per heavy atom. The Hall–Kier alpha value is -1.79. The Kier molecular flexibility index (Phi) is 3.27. The Morgan fingerprint density at radius 3 is 3.00 bits per heavy atom. The van der Waals surface area contributed by atoms with Gasteiger partial charge < -0.3 is 10.1 Å². The Balaban J connectivity index is 1.99. The van der Waals surface area contributed by atoms with Crippen LogP contribution in [-0.2, 0) is 6.61 Å². The van der Waals surface area contributed by atoms with Crippen LogP contribution in [0.3, 0.4) is 0 Å². The van der Waals surface area contributed by atoms with Crippen LogP contribution in [-0.4, -0.2) is 31.0 Å². The van der Waals surface area contributed by atoms with Gasteiger partial charge in [0.15, 0.2) is 5.82 Å². The molecule has 0 aliphatic rings. The third-order valence-electron chi connectivity index (χ3n) is 2.83. The van der Waals surface area contributed by atoms with Crippen LogP contribution >= 0.6 is 11.8 Å². The molecule has 3 rings (SSSR count). The van der Waals surface area contributed by atoms with Crippen LogP contribution in [0.15, 0.2) is 29.3 Å². The third kappa shape index (κ3) is 2.36. The first-order valence-electron chi connectivity index (χ1n) is 6.08. The lowest BCUT2D eigenvalue weighted by Gasteiger charge is -1.93. The van der Waals surface area contributed by atoms with Gasteiger partial charge in [-0.3, -0.25) is 5.10 Å². The number of imidazole rings is 1. The number of aromatic nitrogens is 4. The zero-order valence-electron chi connectivity index (χ0n) is 10.5. The summed E-state index contributed by atoms with van der Waals surface area (Å²) in [6.45, 7) is 2.13. The van der Waals surface area contributed by atoms with Gasteiger partial charge in [0.2, 0.25) is 0 Å². The van der Waals surface area contributed by atoms with E-state index >= 15 is 0 Å². The van der Waals surface area contributed by atoms with E-state index in [1.807, 2.05) is 24.3 Å². The van der Waals surface area contributed by atoms with Crippen LogP contribution in [0.4, 0.5) is 0 Å². The van der Waals surface area contributed by atoms with Crippen molar-refractivity contribution in [2.75, 3.05) is 5.75 Å². The van der Waals surface area contributed by atoms with E-state index < -0.39 is 0 Å². The van der Waals surface area contributed by atoms with E-state index in [9.17, 15) is 0 Å². The molecule has 0 aliphatic heterocycles. The summed E-state index contributed by atoms with van der Waals surface area (Å²) in [6, 6.07) is 7.67. The van der Waals surface area contributed by atoms with Crippen LogP contribution in [0.2, 0.25) is 0 Å². The number of aromatic amines is 2. The van der Waals surface area contributed by atoms with Crippen LogP contribution in [0, 0.1) is 0 Å². The molecule has 0 fully saturated rings. The fraction of sp³-hybridized carbons (Fsp3) is 0.231. The van der Waals surface area contributed by atoms with E-state index in [0.29, 0.717) is 0 Å². The summed E-state index contributed by atoms with van der Waals surface area (Å²) >= 11 is 1.69. The largest absolute Gasteiger partial charge is 0.392 e. The van der Waals surface area contributed by atoms with Gasteiger partial charge >= 0.3 is 0 Å². The normalized spacial score (nSPS) is 11.3. The maximum Gasteiger partial charge on any atom is 0.156 e. The molecular formula is C13H14N4OS. The summed E-state index contributed by atoms with van der Waals surface area (Å²) in [7, 11) is 0. The number of rotatable bonds is 4. The maximum absolute atomic E-state index is 9.13. The van der Waals surface area contributed by atoms with Crippen molar-refractivity contribution in [1.82, 2.24) is 20.2 Å². The minimum absolute atomic E-state index is 0.0334. The topological polar surface area (TPSA) is 77.6 Å². The molecule has 0 amide bonds. The van der Waals surface area contributed by atoms with Crippen LogP contribution in [0.5, 0.6) is 0 Å². The molecule has 2 aromatic heterocycles. The second-order valence-corrected chi connectivity index (χ2v) is 5.43. The zero-order valence-corrected chi connectivity index (χ0v) is 11.3. The summed E-state index contributed by atoms with van der Waals surface area (Å²) in [5.41, 5.74) is 3.54. The van der Waals surface area contributed by atoms with Gasteiger partial charge in [-0.05, 0) is 23.4 Å². The highest BCUT2D eigenvalue weighted by atomic mass is 32.2. The summed E-state index contributed by atoms with van der Waals surface area (Å²) in [5.74, 6) is 1.75. The average molecular weight is 274 g/mol.